The SMILES string of the molecule is CCNC(=NCCNC(=O)c1ccc(OC)cc1)NC1CCN(c2ccccc2OC)C1. The molecule has 1 fully saturated rings. The summed E-state index contributed by atoms with van der Waals surface area (Å²) in [5.41, 5.74) is 1.71. The topological polar surface area (TPSA) is 87.2 Å². The number of carbonyl (C=O) groups is 1. The first-order chi connectivity index (χ1) is 15.6. The van der Waals surface area contributed by atoms with Gasteiger partial charge in [0.1, 0.15) is 11.5 Å². The number of ether oxygens (including phenoxy) is 2. The first-order valence-corrected chi connectivity index (χ1v) is 11.0. The van der Waals surface area contributed by atoms with Crippen LogP contribution in [0.1, 0.15) is 23.7 Å². The fourth-order valence-corrected chi connectivity index (χ4v) is 3.68. The maximum absolute atomic E-state index is 12.3. The highest BCUT2D eigenvalue weighted by molar-refractivity contribution is 5.94. The number of para-hydroxylation sites is 2. The summed E-state index contributed by atoms with van der Waals surface area (Å²) >= 11 is 0. The highest BCUT2D eigenvalue weighted by atomic mass is 16.5. The van der Waals surface area contributed by atoms with Crippen molar-refractivity contribution >= 4 is 17.6 Å². The third-order valence-electron chi connectivity index (χ3n) is 5.32. The molecule has 3 rings (SSSR count). The number of hydrogen-bond donors (Lipinski definition) is 3. The fraction of sp³-hybridized carbons (Fsp3) is 0.417. The standard InChI is InChI=1S/C24H33N5O3/c1-4-25-24(27-15-14-26-23(30)18-9-11-20(31-2)12-10-18)28-19-13-16-29(17-19)21-7-5-6-8-22(21)32-3/h5-12,19H,4,13-17H2,1-3H3,(H,26,30)(H2,25,27,28). The molecule has 0 aromatic heterocycles. The van der Waals surface area contributed by atoms with Gasteiger partial charge in [-0.25, -0.2) is 0 Å². The Labute approximate surface area is 190 Å². The van der Waals surface area contributed by atoms with Gasteiger partial charge in [-0.3, -0.25) is 9.79 Å². The van der Waals surface area contributed by atoms with Gasteiger partial charge in [0.2, 0.25) is 0 Å². The average Bonchev–Trinajstić information content (AvgIpc) is 3.30. The Morgan fingerprint density at radius 3 is 2.59 bits per heavy atom. The van der Waals surface area contributed by atoms with Crippen LogP contribution in [0, 0.1) is 0 Å². The van der Waals surface area contributed by atoms with Crippen LogP contribution in [0.5, 0.6) is 11.5 Å². The van der Waals surface area contributed by atoms with Gasteiger partial charge in [-0.05, 0) is 49.7 Å². The second-order valence-electron chi connectivity index (χ2n) is 7.49. The largest absolute Gasteiger partial charge is 0.497 e. The van der Waals surface area contributed by atoms with Crippen LogP contribution in [0.25, 0.3) is 0 Å². The number of carbonyl (C=O) groups excluding carboxylic acids is 1. The number of aliphatic imine (C=N–C) groups is 1. The van der Waals surface area contributed by atoms with Gasteiger partial charge < -0.3 is 30.3 Å². The molecule has 8 nitrogen and oxygen atoms in total. The molecule has 1 aliphatic heterocycles. The second-order valence-corrected chi connectivity index (χ2v) is 7.49. The molecule has 1 aliphatic rings. The molecule has 2 aromatic carbocycles. The molecule has 32 heavy (non-hydrogen) atoms. The zero-order valence-corrected chi connectivity index (χ0v) is 19.1. The average molecular weight is 440 g/mol. The van der Waals surface area contributed by atoms with Crippen molar-refractivity contribution in [3.63, 3.8) is 0 Å². The van der Waals surface area contributed by atoms with E-state index in [1.807, 2.05) is 25.1 Å². The first kappa shape index (κ1) is 23.2. The zero-order chi connectivity index (χ0) is 22.8. The van der Waals surface area contributed by atoms with Crippen molar-refractivity contribution in [2.24, 2.45) is 4.99 Å². The Balaban J connectivity index is 1.49. The van der Waals surface area contributed by atoms with Crippen molar-refractivity contribution in [3.05, 3.63) is 54.1 Å². The van der Waals surface area contributed by atoms with Crippen molar-refractivity contribution in [2.75, 3.05) is 51.8 Å². The van der Waals surface area contributed by atoms with E-state index < -0.39 is 0 Å². The molecule has 1 atom stereocenters. The first-order valence-electron chi connectivity index (χ1n) is 11.0. The van der Waals surface area contributed by atoms with Crippen LogP contribution in [0.3, 0.4) is 0 Å². The summed E-state index contributed by atoms with van der Waals surface area (Å²) in [5.74, 6) is 2.26. The lowest BCUT2D eigenvalue weighted by Crippen LogP contribution is -2.45. The fourth-order valence-electron chi connectivity index (χ4n) is 3.68. The number of amides is 1. The van der Waals surface area contributed by atoms with E-state index in [0.29, 0.717) is 18.7 Å². The van der Waals surface area contributed by atoms with Crippen molar-refractivity contribution in [3.8, 4) is 11.5 Å². The number of methoxy groups -OCH3 is 2. The summed E-state index contributed by atoms with van der Waals surface area (Å²) in [6.45, 7) is 5.58. The molecule has 1 saturated heterocycles. The molecule has 172 valence electrons. The van der Waals surface area contributed by atoms with Crippen LogP contribution in [0.2, 0.25) is 0 Å². The highest BCUT2D eigenvalue weighted by Gasteiger charge is 2.25. The van der Waals surface area contributed by atoms with Crippen molar-refractivity contribution in [1.29, 1.82) is 0 Å². The van der Waals surface area contributed by atoms with E-state index in [-0.39, 0.29) is 11.9 Å². The second kappa shape index (κ2) is 11.8. The van der Waals surface area contributed by atoms with Gasteiger partial charge in [-0.15, -0.1) is 0 Å². The van der Waals surface area contributed by atoms with E-state index in [1.54, 1.807) is 38.5 Å². The quantitative estimate of drug-likeness (QED) is 0.316. The number of nitrogens with zero attached hydrogens (tertiary/aromatic N) is 2. The number of rotatable bonds is 9. The number of anilines is 1. The van der Waals surface area contributed by atoms with Crippen LogP contribution in [-0.4, -0.2) is 64.9 Å². The smallest absolute Gasteiger partial charge is 0.251 e. The molecule has 0 bridgehead atoms. The highest BCUT2D eigenvalue weighted by Crippen LogP contribution is 2.30. The van der Waals surface area contributed by atoms with Crippen LogP contribution < -0.4 is 30.3 Å². The third kappa shape index (κ3) is 6.29. The molecule has 2 aromatic rings. The van der Waals surface area contributed by atoms with E-state index in [4.69, 9.17) is 9.47 Å². The van der Waals surface area contributed by atoms with E-state index in [2.05, 4.69) is 31.9 Å². The monoisotopic (exact) mass is 439 g/mol. The van der Waals surface area contributed by atoms with E-state index in [9.17, 15) is 4.79 Å². The van der Waals surface area contributed by atoms with E-state index in [0.717, 1.165) is 49.2 Å². The number of benzene rings is 2. The Kier molecular flexibility index (Phi) is 8.60. The lowest BCUT2D eigenvalue weighted by molar-refractivity contribution is 0.0954. The predicted molar refractivity (Wildman–Crippen MR) is 128 cm³/mol. The van der Waals surface area contributed by atoms with Crippen LogP contribution in [0.15, 0.2) is 53.5 Å². The summed E-state index contributed by atoms with van der Waals surface area (Å²) < 4.78 is 10.6. The van der Waals surface area contributed by atoms with Crippen molar-refractivity contribution in [2.45, 2.75) is 19.4 Å². The predicted octanol–water partition coefficient (Wildman–Crippen LogP) is 2.27. The molecule has 1 amide bonds. The molecule has 0 saturated carbocycles. The maximum Gasteiger partial charge on any atom is 0.251 e. The molecule has 3 N–H and O–H groups in total. The third-order valence-corrected chi connectivity index (χ3v) is 5.32. The van der Waals surface area contributed by atoms with E-state index in [1.165, 1.54) is 0 Å². The minimum atomic E-state index is -0.121. The molecule has 1 heterocycles. The minimum absolute atomic E-state index is 0.121. The summed E-state index contributed by atoms with van der Waals surface area (Å²) in [4.78, 5) is 19.2. The summed E-state index contributed by atoms with van der Waals surface area (Å²) in [7, 11) is 3.30. The van der Waals surface area contributed by atoms with Crippen LogP contribution >= 0.6 is 0 Å². The lowest BCUT2D eigenvalue weighted by atomic mass is 10.2. The van der Waals surface area contributed by atoms with Gasteiger partial charge in [0, 0.05) is 37.8 Å². The Morgan fingerprint density at radius 2 is 1.88 bits per heavy atom. The van der Waals surface area contributed by atoms with Gasteiger partial charge in [0.05, 0.1) is 26.5 Å². The summed E-state index contributed by atoms with van der Waals surface area (Å²) in [5, 5.41) is 9.71. The Bertz CT molecular complexity index is 901. The molecule has 1 unspecified atom stereocenters. The van der Waals surface area contributed by atoms with Crippen LogP contribution in [-0.2, 0) is 0 Å². The van der Waals surface area contributed by atoms with E-state index >= 15 is 0 Å². The molecule has 0 aliphatic carbocycles. The minimum Gasteiger partial charge on any atom is -0.497 e. The van der Waals surface area contributed by atoms with Crippen LogP contribution in [0.4, 0.5) is 5.69 Å². The molecule has 8 heteroatoms. The van der Waals surface area contributed by atoms with Gasteiger partial charge in [0.15, 0.2) is 5.96 Å². The van der Waals surface area contributed by atoms with Gasteiger partial charge in [-0.1, -0.05) is 12.1 Å². The number of hydrogen-bond acceptors (Lipinski definition) is 5. The summed E-state index contributed by atoms with van der Waals surface area (Å²) in [6, 6.07) is 15.4. The molecule has 0 radical (unpaired) electrons. The normalized spacial score (nSPS) is 15.9. The Morgan fingerprint density at radius 1 is 1.09 bits per heavy atom. The van der Waals surface area contributed by atoms with Gasteiger partial charge in [-0.2, -0.15) is 0 Å². The van der Waals surface area contributed by atoms with Gasteiger partial charge in [0.25, 0.3) is 5.91 Å². The number of guanidine groups is 1. The maximum atomic E-state index is 12.3. The number of nitrogens with one attached hydrogen (secondary N) is 3. The summed E-state index contributed by atoms with van der Waals surface area (Å²) in [6.07, 6.45) is 1.01. The lowest BCUT2D eigenvalue weighted by Gasteiger charge is -2.22. The zero-order valence-electron chi connectivity index (χ0n) is 19.1. The van der Waals surface area contributed by atoms with Gasteiger partial charge >= 0.3 is 0 Å². The molecular formula is C24H33N5O3. The Hall–Kier alpha value is -3.42. The van der Waals surface area contributed by atoms with Crippen molar-refractivity contribution in [1.82, 2.24) is 16.0 Å². The van der Waals surface area contributed by atoms with Crippen molar-refractivity contribution < 1.29 is 14.3 Å². The molecular weight excluding hydrogens is 406 g/mol. The molecule has 0 spiro atoms.